The number of hydrogen-bond acceptors (Lipinski definition) is 8. The Labute approximate surface area is 204 Å². The third-order valence-electron chi connectivity index (χ3n) is 7.24. The quantitative estimate of drug-likeness (QED) is 0.417. The minimum atomic E-state index is 0.505. The van der Waals surface area contributed by atoms with E-state index in [0.29, 0.717) is 12.6 Å². The van der Waals surface area contributed by atoms with Gasteiger partial charge in [-0.25, -0.2) is 9.67 Å². The summed E-state index contributed by atoms with van der Waals surface area (Å²) in [5.74, 6) is 2.57. The van der Waals surface area contributed by atoms with Gasteiger partial charge in [0.25, 0.3) is 0 Å². The molecule has 10 nitrogen and oxygen atoms in total. The summed E-state index contributed by atoms with van der Waals surface area (Å²) < 4.78 is 9.13. The van der Waals surface area contributed by atoms with Crippen LogP contribution in [0.1, 0.15) is 37.8 Å². The average Bonchev–Trinajstić information content (AvgIpc) is 3.53. The van der Waals surface area contributed by atoms with Crippen LogP contribution in [0.2, 0.25) is 0 Å². The van der Waals surface area contributed by atoms with Gasteiger partial charge in [0.2, 0.25) is 0 Å². The first-order chi connectivity index (χ1) is 17.2. The topological polar surface area (TPSA) is 98.3 Å². The molecule has 1 N–H and O–H groups in total. The molecule has 35 heavy (non-hydrogen) atoms. The molecule has 10 heteroatoms. The van der Waals surface area contributed by atoms with E-state index in [4.69, 9.17) is 4.74 Å². The summed E-state index contributed by atoms with van der Waals surface area (Å²) >= 11 is 0. The monoisotopic (exact) mass is 473 g/mol. The Morgan fingerprint density at radius 1 is 1.09 bits per heavy atom. The third kappa shape index (κ3) is 4.70. The molecule has 0 spiro atoms. The molecular formula is C25H31N9O. The molecule has 182 valence electrons. The number of imidazole rings is 1. The van der Waals surface area contributed by atoms with Gasteiger partial charge in [-0.05, 0) is 56.3 Å². The predicted molar refractivity (Wildman–Crippen MR) is 132 cm³/mol. The van der Waals surface area contributed by atoms with Crippen molar-refractivity contribution in [2.75, 3.05) is 31.6 Å². The number of methoxy groups -OCH3 is 1. The Morgan fingerprint density at radius 3 is 2.83 bits per heavy atom. The first kappa shape index (κ1) is 22.0. The highest BCUT2D eigenvalue weighted by atomic mass is 16.5. The third-order valence-corrected chi connectivity index (χ3v) is 7.24. The molecule has 0 radical (unpaired) electrons. The van der Waals surface area contributed by atoms with Crippen molar-refractivity contribution in [2.45, 2.75) is 44.7 Å². The van der Waals surface area contributed by atoms with E-state index in [0.717, 1.165) is 59.6 Å². The molecule has 1 saturated carbocycles. The Hall–Kier alpha value is -3.53. The summed E-state index contributed by atoms with van der Waals surface area (Å²) in [6, 6.07) is 6.60. The molecular weight excluding hydrogens is 442 g/mol. The van der Waals surface area contributed by atoms with Crippen molar-refractivity contribution in [3.05, 3.63) is 48.8 Å². The largest absolute Gasteiger partial charge is 0.495 e. The maximum atomic E-state index is 5.43. The van der Waals surface area contributed by atoms with Gasteiger partial charge in [-0.15, -0.1) is 10.2 Å². The van der Waals surface area contributed by atoms with Crippen molar-refractivity contribution in [1.29, 1.82) is 0 Å². The number of hydrogen-bond donors (Lipinski definition) is 1. The second-order valence-corrected chi connectivity index (χ2v) is 9.65. The van der Waals surface area contributed by atoms with E-state index in [-0.39, 0.29) is 0 Å². The first-order valence-electron chi connectivity index (χ1n) is 12.5. The van der Waals surface area contributed by atoms with E-state index in [2.05, 4.69) is 41.8 Å². The number of ether oxygens (including phenoxy) is 1. The minimum Gasteiger partial charge on any atom is -0.495 e. The number of nitrogens with zero attached hydrogens (tertiary/aromatic N) is 8. The number of pyridine rings is 1. The SMILES string of the molecule is COc1cc(-c2cn(Cc3ccc(N4CCCC(NCC5CCC5)C4)nn3)nn2)c2cncn2c1. The van der Waals surface area contributed by atoms with Gasteiger partial charge < -0.3 is 19.4 Å². The van der Waals surface area contributed by atoms with Crippen LogP contribution in [0, 0.1) is 5.92 Å². The summed E-state index contributed by atoms with van der Waals surface area (Å²) in [4.78, 5) is 6.59. The van der Waals surface area contributed by atoms with Crippen LogP contribution in [0.4, 0.5) is 5.82 Å². The highest BCUT2D eigenvalue weighted by Gasteiger charge is 2.23. The van der Waals surface area contributed by atoms with Crippen LogP contribution in [0.15, 0.2) is 43.1 Å². The number of rotatable bonds is 8. The van der Waals surface area contributed by atoms with Gasteiger partial charge in [-0.2, -0.15) is 5.10 Å². The number of piperidine rings is 1. The molecule has 2 aliphatic rings. The smallest absolute Gasteiger partial charge is 0.151 e. The van der Waals surface area contributed by atoms with E-state index in [1.165, 1.54) is 32.1 Å². The number of nitrogens with one attached hydrogen (secondary N) is 1. The van der Waals surface area contributed by atoms with Crippen molar-refractivity contribution in [3.63, 3.8) is 0 Å². The fourth-order valence-electron chi connectivity index (χ4n) is 4.98. The highest BCUT2D eigenvalue weighted by molar-refractivity contribution is 5.78. The summed E-state index contributed by atoms with van der Waals surface area (Å²) in [5.41, 5.74) is 3.47. The lowest BCUT2D eigenvalue weighted by atomic mass is 9.85. The zero-order valence-corrected chi connectivity index (χ0v) is 20.0. The van der Waals surface area contributed by atoms with E-state index in [9.17, 15) is 0 Å². The van der Waals surface area contributed by atoms with Crippen molar-refractivity contribution >= 4 is 11.3 Å². The highest BCUT2D eigenvalue weighted by Crippen LogP contribution is 2.28. The standard InChI is InChI=1S/C25H31N9O/c1-35-21-10-22(24-12-26-17-33(24)15-21)23-16-34(31-29-23)14-20-7-8-25(30-28-20)32-9-3-6-19(13-32)27-11-18-4-2-5-18/h7-8,10,12,15-19,27H,2-6,9,11,13-14H2,1H3. The van der Waals surface area contributed by atoms with Crippen molar-refractivity contribution in [3.8, 4) is 17.0 Å². The van der Waals surface area contributed by atoms with Gasteiger partial charge in [-0.3, -0.25) is 0 Å². The maximum absolute atomic E-state index is 5.43. The summed E-state index contributed by atoms with van der Waals surface area (Å²) in [5, 5.41) is 21.5. The molecule has 1 aliphatic heterocycles. The second-order valence-electron chi connectivity index (χ2n) is 9.65. The van der Waals surface area contributed by atoms with Crippen LogP contribution < -0.4 is 15.0 Å². The van der Waals surface area contributed by atoms with Crippen LogP contribution in [-0.4, -0.2) is 67.4 Å². The van der Waals surface area contributed by atoms with Gasteiger partial charge >= 0.3 is 0 Å². The fourth-order valence-corrected chi connectivity index (χ4v) is 4.98. The summed E-state index contributed by atoms with van der Waals surface area (Å²) in [6.07, 6.45) is 14.0. The molecule has 6 rings (SSSR count). The summed E-state index contributed by atoms with van der Waals surface area (Å²) in [7, 11) is 1.65. The van der Waals surface area contributed by atoms with Gasteiger partial charge in [0.15, 0.2) is 5.82 Å². The minimum absolute atomic E-state index is 0.505. The van der Waals surface area contributed by atoms with Crippen molar-refractivity contribution in [2.24, 2.45) is 5.92 Å². The molecule has 5 heterocycles. The molecule has 1 unspecified atom stereocenters. The fraction of sp³-hybridized carbons (Fsp3) is 0.480. The molecule has 4 aromatic heterocycles. The van der Waals surface area contributed by atoms with Crippen LogP contribution in [0.3, 0.4) is 0 Å². The Morgan fingerprint density at radius 2 is 2.03 bits per heavy atom. The predicted octanol–water partition coefficient (Wildman–Crippen LogP) is 2.80. The van der Waals surface area contributed by atoms with Gasteiger partial charge in [-0.1, -0.05) is 11.6 Å². The van der Waals surface area contributed by atoms with Crippen LogP contribution >= 0.6 is 0 Å². The average molecular weight is 474 g/mol. The lowest BCUT2D eigenvalue weighted by molar-refractivity contribution is 0.280. The molecule has 0 aromatic carbocycles. The van der Waals surface area contributed by atoms with E-state index >= 15 is 0 Å². The Bertz CT molecular complexity index is 1280. The molecule has 1 saturated heterocycles. The molecule has 1 atom stereocenters. The normalized spacial score (nSPS) is 18.7. The van der Waals surface area contributed by atoms with E-state index in [1.54, 1.807) is 18.1 Å². The van der Waals surface area contributed by atoms with Crippen LogP contribution in [-0.2, 0) is 6.54 Å². The van der Waals surface area contributed by atoms with Gasteiger partial charge in [0.05, 0.1) is 49.8 Å². The zero-order valence-electron chi connectivity index (χ0n) is 20.0. The Kier molecular flexibility index (Phi) is 6.03. The molecule has 1 aliphatic carbocycles. The lowest BCUT2D eigenvalue weighted by Crippen LogP contribution is -2.47. The molecule has 4 aromatic rings. The van der Waals surface area contributed by atoms with Crippen LogP contribution in [0.5, 0.6) is 5.75 Å². The number of anilines is 1. The van der Waals surface area contributed by atoms with Crippen LogP contribution in [0.25, 0.3) is 16.8 Å². The maximum Gasteiger partial charge on any atom is 0.151 e. The number of fused-ring (bicyclic) bond motifs is 1. The summed E-state index contributed by atoms with van der Waals surface area (Å²) in [6.45, 7) is 3.69. The van der Waals surface area contributed by atoms with E-state index in [1.807, 2.05) is 35.1 Å². The second kappa shape index (κ2) is 9.61. The molecule has 0 amide bonds. The van der Waals surface area contributed by atoms with Crippen molar-refractivity contribution < 1.29 is 4.74 Å². The molecule has 0 bridgehead atoms. The Balaban J connectivity index is 1.11. The molecule has 2 fully saturated rings. The lowest BCUT2D eigenvalue weighted by Gasteiger charge is -2.35. The van der Waals surface area contributed by atoms with Gasteiger partial charge in [0.1, 0.15) is 11.4 Å². The first-order valence-corrected chi connectivity index (χ1v) is 12.5. The van der Waals surface area contributed by atoms with Crippen molar-refractivity contribution in [1.82, 2.24) is 39.9 Å². The number of aromatic nitrogens is 7. The zero-order chi connectivity index (χ0) is 23.6. The van der Waals surface area contributed by atoms with E-state index < -0.39 is 0 Å². The van der Waals surface area contributed by atoms with Gasteiger partial charge in [0, 0.05) is 24.7 Å².